The molecule has 0 aliphatic rings. The molecule has 2 heterocycles. The van der Waals surface area contributed by atoms with Crippen LogP contribution in [0.3, 0.4) is 0 Å². The van der Waals surface area contributed by atoms with Gasteiger partial charge in [-0.25, -0.2) is 0 Å². The summed E-state index contributed by atoms with van der Waals surface area (Å²) in [4.78, 5) is 12.8. The SMILES string of the molecule is CCC(Sc1nnc2cc(C)c3ccccc3n12)C(=O)Nc1cccc(C)c1. The van der Waals surface area contributed by atoms with E-state index in [-0.39, 0.29) is 11.2 Å². The van der Waals surface area contributed by atoms with Crippen LogP contribution in [0.4, 0.5) is 5.69 Å². The molecule has 1 N–H and O–H groups in total. The number of aromatic nitrogens is 3. The fourth-order valence-corrected chi connectivity index (χ4v) is 4.32. The molecule has 1 atom stereocenters. The molecular formula is C22H22N4OS. The average Bonchev–Trinajstić information content (AvgIpc) is 3.09. The summed E-state index contributed by atoms with van der Waals surface area (Å²) in [5, 5.41) is 13.4. The van der Waals surface area contributed by atoms with Gasteiger partial charge in [0.25, 0.3) is 0 Å². The van der Waals surface area contributed by atoms with Gasteiger partial charge in [0.15, 0.2) is 10.8 Å². The number of nitrogens with one attached hydrogen (secondary N) is 1. The lowest BCUT2D eigenvalue weighted by Gasteiger charge is -2.14. The molecule has 0 aliphatic carbocycles. The minimum absolute atomic E-state index is 0.0220. The van der Waals surface area contributed by atoms with E-state index in [9.17, 15) is 4.79 Å². The molecule has 0 saturated carbocycles. The number of hydrogen-bond donors (Lipinski definition) is 1. The monoisotopic (exact) mass is 390 g/mol. The van der Waals surface area contributed by atoms with Crippen molar-refractivity contribution < 1.29 is 4.79 Å². The van der Waals surface area contributed by atoms with Gasteiger partial charge in [0.2, 0.25) is 5.91 Å². The van der Waals surface area contributed by atoms with Crippen LogP contribution >= 0.6 is 11.8 Å². The largest absolute Gasteiger partial charge is 0.325 e. The van der Waals surface area contributed by atoms with Crippen molar-refractivity contribution in [3.05, 3.63) is 65.7 Å². The van der Waals surface area contributed by atoms with Crippen molar-refractivity contribution in [3.63, 3.8) is 0 Å². The number of pyridine rings is 1. The van der Waals surface area contributed by atoms with E-state index in [0.29, 0.717) is 6.42 Å². The lowest BCUT2D eigenvalue weighted by Crippen LogP contribution is -2.24. The second-order valence-corrected chi connectivity index (χ2v) is 8.06. The van der Waals surface area contributed by atoms with Crippen molar-refractivity contribution in [1.82, 2.24) is 14.6 Å². The lowest BCUT2D eigenvalue weighted by molar-refractivity contribution is -0.115. The molecule has 0 aliphatic heterocycles. The summed E-state index contributed by atoms with van der Waals surface area (Å²) >= 11 is 1.45. The molecule has 5 nitrogen and oxygen atoms in total. The molecule has 1 unspecified atom stereocenters. The zero-order valence-corrected chi connectivity index (χ0v) is 17.0. The molecule has 142 valence electrons. The Morgan fingerprint density at radius 3 is 2.71 bits per heavy atom. The van der Waals surface area contributed by atoms with Crippen LogP contribution < -0.4 is 5.32 Å². The third-order valence-corrected chi connectivity index (χ3v) is 6.08. The van der Waals surface area contributed by atoms with E-state index >= 15 is 0 Å². The second kappa shape index (κ2) is 7.64. The third-order valence-electron chi connectivity index (χ3n) is 4.77. The van der Waals surface area contributed by atoms with E-state index in [1.54, 1.807) is 0 Å². The molecule has 0 fully saturated rings. The van der Waals surface area contributed by atoms with E-state index in [0.717, 1.165) is 38.5 Å². The fourth-order valence-electron chi connectivity index (χ4n) is 3.35. The lowest BCUT2D eigenvalue weighted by atomic mass is 10.1. The second-order valence-electron chi connectivity index (χ2n) is 6.89. The predicted molar refractivity (Wildman–Crippen MR) is 115 cm³/mol. The number of rotatable bonds is 5. The van der Waals surface area contributed by atoms with Gasteiger partial charge in [-0.1, -0.05) is 49.0 Å². The first-order valence-electron chi connectivity index (χ1n) is 9.34. The Kier molecular flexibility index (Phi) is 5.05. The number of hydrogen-bond acceptors (Lipinski definition) is 4. The van der Waals surface area contributed by atoms with E-state index in [1.165, 1.54) is 11.8 Å². The van der Waals surface area contributed by atoms with Crippen molar-refractivity contribution in [2.75, 3.05) is 5.32 Å². The molecule has 0 spiro atoms. The zero-order chi connectivity index (χ0) is 19.7. The Hall–Kier alpha value is -2.86. The average molecular weight is 391 g/mol. The number of nitrogens with zero attached hydrogens (tertiary/aromatic N) is 3. The number of para-hydroxylation sites is 1. The van der Waals surface area contributed by atoms with Crippen LogP contribution in [0.5, 0.6) is 0 Å². The quantitative estimate of drug-likeness (QED) is 0.487. The molecule has 4 aromatic rings. The Bertz CT molecular complexity index is 1170. The fraction of sp³-hybridized carbons (Fsp3) is 0.227. The van der Waals surface area contributed by atoms with Crippen LogP contribution in [0.1, 0.15) is 24.5 Å². The van der Waals surface area contributed by atoms with E-state index < -0.39 is 0 Å². The highest BCUT2D eigenvalue weighted by Crippen LogP contribution is 2.29. The maximum absolute atomic E-state index is 12.8. The van der Waals surface area contributed by atoms with Crippen LogP contribution in [0.25, 0.3) is 16.6 Å². The molecule has 2 aromatic carbocycles. The van der Waals surface area contributed by atoms with Crippen LogP contribution in [0.15, 0.2) is 59.8 Å². The summed E-state index contributed by atoms with van der Waals surface area (Å²) in [5.41, 5.74) is 4.95. The van der Waals surface area contributed by atoms with Crippen molar-refractivity contribution in [2.24, 2.45) is 0 Å². The van der Waals surface area contributed by atoms with Gasteiger partial charge in [-0.15, -0.1) is 10.2 Å². The normalized spacial score (nSPS) is 12.4. The number of carbonyl (C=O) groups is 1. The number of benzene rings is 2. The molecule has 6 heteroatoms. The minimum atomic E-state index is -0.257. The van der Waals surface area contributed by atoms with Crippen LogP contribution in [-0.4, -0.2) is 25.8 Å². The van der Waals surface area contributed by atoms with E-state index in [1.807, 2.05) is 60.7 Å². The van der Waals surface area contributed by atoms with Crippen LogP contribution in [-0.2, 0) is 4.79 Å². The van der Waals surface area contributed by atoms with Gasteiger partial charge in [0.1, 0.15) is 0 Å². The topological polar surface area (TPSA) is 59.3 Å². The zero-order valence-electron chi connectivity index (χ0n) is 16.1. The Morgan fingerprint density at radius 1 is 1.11 bits per heavy atom. The first kappa shape index (κ1) is 18.5. The van der Waals surface area contributed by atoms with Gasteiger partial charge in [-0.2, -0.15) is 0 Å². The van der Waals surface area contributed by atoms with Gasteiger partial charge >= 0.3 is 0 Å². The van der Waals surface area contributed by atoms with Gasteiger partial charge in [-0.05, 0) is 55.7 Å². The Morgan fingerprint density at radius 2 is 1.93 bits per heavy atom. The highest BCUT2D eigenvalue weighted by molar-refractivity contribution is 8.00. The molecule has 0 saturated heterocycles. The number of anilines is 1. The number of carbonyl (C=O) groups excluding carboxylic acids is 1. The molecule has 28 heavy (non-hydrogen) atoms. The summed E-state index contributed by atoms with van der Waals surface area (Å²) in [5.74, 6) is -0.0220. The standard InChI is InChI=1S/C22H22N4OS/c1-4-19(21(27)23-16-9-7-8-14(2)12-16)28-22-25-24-20-13-15(3)17-10-5-6-11-18(17)26(20)22/h5-13,19H,4H2,1-3H3,(H,23,27). The molecule has 0 bridgehead atoms. The minimum Gasteiger partial charge on any atom is -0.325 e. The molecule has 1 amide bonds. The van der Waals surface area contributed by atoms with Gasteiger partial charge in [-0.3, -0.25) is 9.20 Å². The summed E-state index contributed by atoms with van der Waals surface area (Å²) < 4.78 is 2.04. The van der Waals surface area contributed by atoms with Crippen molar-refractivity contribution in [1.29, 1.82) is 0 Å². The van der Waals surface area contributed by atoms with Gasteiger partial charge in [0.05, 0.1) is 10.8 Å². The Labute approximate surface area is 168 Å². The van der Waals surface area contributed by atoms with Crippen molar-refractivity contribution in [2.45, 2.75) is 37.6 Å². The number of amides is 1. The number of thioether (sulfide) groups is 1. The van der Waals surface area contributed by atoms with Crippen molar-refractivity contribution in [3.8, 4) is 0 Å². The van der Waals surface area contributed by atoms with E-state index in [2.05, 4.69) is 34.6 Å². The predicted octanol–water partition coefficient (Wildman–Crippen LogP) is 5.01. The highest BCUT2D eigenvalue weighted by atomic mass is 32.2. The smallest absolute Gasteiger partial charge is 0.237 e. The summed E-state index contributed by atoms with van der Waals surface area (Å²) in [6, 6.07) is 18.1. The molecule has 4 rings (SSSR count). The van der Waals surface area contributed by atoms with E-state index in [4.69, 9.17) is 0 Å². The first-order chi connectivity index (χ1) is 13.6. The van der Waals surface area contributed by atoms with Crippen LogP contribution in [0.2, 0.25) is 0 Å². The maximum Gasteiger partial charge on any atom is 0.237 e. The van der Waals surface area contributed by atoms with Gasteiger partial charge in [0, 0.05) is 11.1 Å². The molecule has 0 radical (unpaired) electrons. The van der Waals surface area contributed by atoms with Crippen molar-refractivity contribution >= 4 is 39.9 Å². The molecular weight excluding hydrogens is 368 g/mol. The third kappa shape index (κ3) is 3.47. The molecule has 2 aromatic heterocycles. The first-order valence-corrected chi connectivity index (χ1v) is 10.2. The number of fused-ring (bicyclic) bond motifs is 3. The van der Waals surface area contributed by atoms with Crippen LogP contribution in [0, 0.1) is 13.8 Å². The Balaban J connectivity index is 1.66. The summed E-state index contributed by atoms with van der Waals surface area (Å²) in [6.07, 6.45) is 0.695. The maximum atomic E-state index is 12.8. The number of aryl methyl sites for hydroxylation is 2. The summed E-state index contributed by atoms with van der Waals surface area (Å²) in [7, 11) is 0. The summed E-state index contributed by atoms with van der Waals surface area (Å²) in [6.45, 7) is 6.10. The van der Waals surface area contributed by atoms with Gasteiger partial charge < -0.3 is 5.32 Å². The highest BCUT2D eigenvalue weighted by Gasteiger charge is 2.22.